The first kappa shape index (κ1) is 23.6. The summed E-state index contributed by atoms with van der Waals surface area (Å²) in [5.74, 6) is -0.211. The van der Waals surface area contributed by atoms with Crippen LogP contribution >= 0.6 is 0 Å². The monoisotopic (exact) mass is 480 g/mol. The fraction of sp³-hybridized carbons (Fsp3) is 0.481. The van der Waals surface area contributed by atoms with Gasteiger partial charge in [-0.3, -0.25) is 4.79 Å². The molecule has 3 N–H and O–H groups in total. The number of amides is 3. The van der Waals surface area contributed by atoms with E-state index >= 15 is 0 Å². The highest BCUT2D eigenvalue weighted by molar-refractivity contribution is 5.90. The van der Waals surface area contributed by atoms with Crippen LogP contribution in [0, 0.1) is 17.7 Å². The van der Waals surface area contributed by atoms with Crippen LogP contribution in [0.2, 0.25) is 0 Å². The second-order valence-electron chi connectivity index (χ2n) is 9.83. The van der Waals surface area contributed by atoms with Gasteiger partial charge in [-0.2, -0.15) is 0 Å². The van der Waals surface area contributed by atoms with E-state index in [0.29, 0.717) is 18.8 Å². The summed E-state index contributed by atoms with van der Waals surface area (Å²) >= 11 is 0. The fourth-order valence-corrected chi connectivity index (χ4v) is 6.10. The minimum atomic E-state index is -0.368. The normalized spacial score (nSPS) is 27.4. The van der Waals surface area contributed by atoms with Crippen LogP contribution in [-0.4, -0.2) is 49.2 Å². The van der Waals surface area contributed by atoms with E-state index in [2.05, 4.69) is 33.0 Å². The summed E-state index contributed by atoms with van der Waals surface area (Å²) in [4.78, 5) is 28.7. The number of rotatable bonds is 5. The lowest BCUT2D eigenvalue weighted by atomic mass is 9.81. The molecule has 2 heterocycles. The topological polar surface area (TPSA) is 82.7 Å². The number of para-hydroxylation sites is 1. The Kier molecular flexibility index (Phi) is 6.90. The van der Waals surface area contributed by atoms with Gasteiger partial charge in [-0.15, -0.1) is 0 Å². The van der Waals surface area contributed by atoms with Crippen LogP contribution < -0.4 is 16.0 Å². The largest absolute Gasteiger partial charge is 0.383 e. The molecule has 1 saturated carbocycles. The van der Waals surface area contributed by atoms with Gasteiger partial charge in [-0.25, -0.2) is 9.18 Å². The maximum absolute atomic E-state index is 14.0. The smallest absolute Gasteiger partial charge is 0.319 e. The molecule has 35 heavy (non-hydrogen) atoms. The van der Waals surface area contributed by atoms with E-state index in [1.807, 2.05) is 12.1 Å². The third kappa shape index (κ3) is 4.85. The van der Waals surface area contributed by atoms with Crippen LogP contribution in [0.4, 0.5) is 20.6 Å². The Labute approximate surface area is 205 Å². The molecule has 0 radical (unpaired) electrons. The van der Waals surface area contributed by atoms with E-state index in [4.69, 9.17) is 4.74 Å². The summed E-state index contributed by atoms with van der Waals surface area (Å²) in [5.41, 5.74) is 2.73. The third-order valence-electron chi connectivity index (χ3n) is 7.71. The molecule has 2 fully saturated rings. The molecule has 5 rings (SSSR count). The van der Waals surface area contributed by atoms with Gasteiger partial charge in [0.25, 0.3) is 0 Å². The zero-order valence-corrected chi connectivity index (χ0v) is 20.0. The molecule has 2 aromatic carbocycles. The first-order valence-electron chi connectivity index (χ1n) is 12.5. The molecule has 3 aliphatic rings. The van der Waals surface area contributed by atoms with Crippen LogP contribution in [-0.2, 0) is 9.53 Å². The van der Waals surface area contributed by atoms with Gasteiger partial charge >= 0.3 is 6.03 Å². The number of carbonyl (C=O) groups is 2. The van der Waals surface area contributed by atoms with Crippen LogP contribution in [0.25, 0.3) is 0 Å². The Hall–Kier alpha value is -3.13. The lowest BCUT2D eigenvalue weighted by Crippen LogP contribution is -2.51. The Balaban J connectivity index is 1.32. The van der Waals surface area contributed by atoms with E-state index in [-0.39, 0.29) is 47.7 Å². The number of hydrogen-bond donors (Lipinski definition) is 3. The minimum Gasteiger partial charge on any atom is -0.383 e. The van der Waals surface area contributed by atoms with Crippen molar-refractivity contribution in [2.45, 2.75) is 50.2 Å². The number of benzene rings is 2. The first-order valence-corrected chi connectivity index (χ1v) is 12.5. The molecule has 3 amide bonds. The third-order valence-corrected chi connectivity index (χ3v) is 7.71. The number of halogens is 1. The molecular formula is C27H33FN4O3. The highest BCUT2D eigenvalue weighted by Crippen LogP contribution is 2.47. The molecule has 5 atom stereocenters. The molecule has 0 unspecified atom stereocenters. The standard InChI is InChI=1S/C27H33FN4O3/c1-35-16-24-20-14-15-32(25(20)19-6-2-4-8-22(19)30-24)26(33)21-7-3-5-9-23(21)31-27(34)29-18-12-10-17(28)11-13-18/h2,4,6,8,10-13,20-21,23-25,30H,3,5,7,9,14-16H2,1H3,(H2,29,31,34)/t20-,21+,23-,24+,25+/m1/s1. The average Bonchev–Trinajstić information content (AvgIpc) is 3.31. The minimum absolute atomic E-state index is 0.00992. The maximum atomic E-state index is 14.0. The zero-order valence-electron chi connectivity index (χ0n) is 20.0. The molecule has 186 valence electrons. The van der Waals surface area contributed by atoms with Crippen molar-refractivity contribution in [1.29, 1.82) is 0 Å². The second kappa shape index (κ2) is 10.2. The van der Waals surface area contributed by atoms with E-state index in [1.165, 1.54) is 24.3 Å². The van der Waals surface area contributed by atoms with Crippen molar-refractivity contribution >= 4 is 23.3 Å². The lowest BCUT2D eigenvalue weighted by molar-refractivity contribution is -0.138. The Morgan fingerprint density at radius 3 is 2.66 bits per heavy atom. The van der Waals surface area contributed by atoms with Crippen molar-refractivity contribution in [3.8, 4) is 0 Å². The quantitative estimate of drug-likeness (QED) is 0.587. The molecule has 2 aromatic rings. The van der Waals surface area contributed by atoms with Gasteiger partial charge in [0.15, 0.2) is 0 Å². The number of ether oxygens (including phenoxy) is 1. The number of hydrogen-bond acceptors (Lipinski definition) is 4. The van der Waals surface area contributed by atoms with Crippen molar-refractivity contribution in [3.63, 3.8) is 0 Å². The summed E-state index contributed by atoms with van der Waals surface area (Å²) in [6.07, 6.45) is 4.39. The Bertz CT molecular complexity index is 1060. The van der Waals surface area contributed by atoms with Crippen LogP contribution in [0.5, 0.6) is 0 Å². The van der Waals surface area contributed by atoms with E-state index in [1.54, 1.807) is 7.11 Å². The summed E-state index contributed by atoms with van der Waals surface area (Å²) in [5, 5.41) is 9.41. The van der Waals surface area contributed by atoms with Gasteiger partial charge in [0.05, 0.1) is 24.6 Å². The van der Waals surface area contributed by atoms with E-state index in [9.17, 15) is 14.0 Å². The maximum Gasteiger partial charge on any atom is 0.319 e. The Morgan fingerprint density at radius 1 is 1.09 bits per heavy atom. The number of methoxy groups -OCH3 is 1. The van der Waals surface area contributed by atoms with Crippen molar-refractivity contribution < 1.29 is 18.7 Å². The molecule has 1 saturated heterocycles. The van der Waals surface area contributed by atoms with Gasteiger partial charge in [0.2, 0.25) is 5.91 Å². The number of anilines is 2. The highest BCUT2D eigenvalue weighted by Gasteiger charge is 2.48. The predicted octanol–water partition coefficient (Wildman–Crippen LogP) is 4.54. The number of fused-ring (bicyclic) bond motifs is 3. The van der Waals surface area contributed by atoms with Crippen molar-refractivity contribution in [1.82, 2.24) is 10.2 Å². The molecule has 2 aliphatic heterocycles. The molecule has 0 aromatic heterocycles. The fourth-order valence-electron chi connectivity index (χ4n) is 6.10. The van der Waals surface area contributed by atoms with Crippen molar-refractivity contribution in [2.24, 2.45) is 11.8 Å². The van der Waals surface area contributed by atoms with Crippen molar-refractivity contribution in [3.05, 3.63) is 59.9 Å². The zero-order chi connectivity index (χ0) is 24.4. The number of nitrogens with zero attached hydrogens (tertiary/aromatic N) is 1. The summed E-state index contributed by atoms with van der Waals surface area (Å²) < 4.78 is 18.7. The first-order chi connectivity index (χ1) is 17.0. The predicted molar refractivity (Wildman–Crippen MR) is 133 cm³/mol. The summed E-state index contributed by atoms with van der Waals surface area (Å²) in [6, 6.07) is 13.4. The van der Waals surface area contributed by atoms with Crippen LogP contribution in [0.15, 0.2) is 48.5 Å². The molecule has 1 aliphatic carbocycles. The Morgan fingerprint density at radius 2 is 1.86 bits per heavy atom. The number of nitrogens with one attached hydrogen (secondary N) is 3. The number of likely N-dealkylation sites (tertiary alicyclic amines) is 1. The molecule has 0 spiro atoms. The summed E-state index contributed by atoms with van der Waals surface area (Å²) in [7, 11) is 1.71. The molecule has 0 bridgehead atoms. The van der Waals surface area contributed by atoms with Gasteiger partial charge in [-0.1, -0.05) is 31.0 Å². The van der Waals surface area contributed by atoms with E-state index < -0.39 is 0 Å². The molecule has 7 nitrogen and oxygen atoms in total. The average molecular weight is 481 g/mol. The van der Waals surface area contributed by atoms with Crippen molar-refractivity contribution in [2.75, 3.05) is 30.9 Å². The summed E-state index contributed by atoms with van der Waals surface area (Å²) in [6.45, 7) is 1.30. The molecule has 8 heteroatoms. The number of carbonyl (C=O) groups excluding carboxylic acids is 2. The SMILES string of the molecule is COC[C@@H]1Nc2ccccc2[C@H]2[C@@H]1CCN2C(=O)[C@H]1CCCC[C@H]1NC(=O)Nc1ccc(F)cc1. The van der Waals surface area contributed by atoms with Crippen LogP contribution in [0.3, 0.4) is 0 Å². The van der Waals surface area contributed by atoms with Gasteiger partial charge in [-0.05, 0) is 55.2 Å². The second-order valence-corrected chi connectivity index (χ2v) is 9.83. The highest BCUT2D eigenvalue weighted by atomic mass is 19.1. The van der Waals surface area contributed by atoms with E-state index in [0.717, 1.165) is 43.4 Å². The number of urea groups is 1. The van der Waals surface area contributed by atoms with Gasteiger partial charge in [0.1, 0.15) is 5.82 Å². The lowest BCUT2D eigenvalue weighted by Gasteiger charge is -2.41. The van der Waals surface area contributed by atoms with Crippen LogP contribution in [0.1, 0.15) is 43.7 Å². The molecular weight excluding hydrogens is 447 g/mol. The van der Waals surface area contributed by atoms with Gasteiger partial charge in [0, 0.05) is 37.0 Å². The van der Waals surface area contributed by atoms with Gasteiger partial charge < -0.3 is 25.6 Å².